The summed E-state index contributed by atoms with van der Waals surface area (Å²) in [5.41, 5.74) is 0.873. The molecule has 0 amide bonds. The molecule has 0 aliphatic carbocycles. The van der Waals surface area contributed by atoms with Crippen LogP contribution in [-0.2, 0) is 9.59 Å². The number of para-hydroxylation sites is 1. The number of hydrogen-bond donors (Lipinski definition) is 0. The number of nitrogens with zero attached hydrogens (tertiary/aromatic N) is 2. The van der Waals surface area contributed by atoms with Crippen molar-refractivity contribution < 1.29 is 9.59 Å². The van der Waals surface area contributed by atoms with Crippen molar-refractivity contribution in [1.29, 1.82) is 5.26 Å². The molecule has 0 N–H and O–H groups in total. The van der Waals surface area contributed by atoms with Gasteiger partial charge in [0.1, 0.15) is 17.6 Å². The summed E-state index contributed by atoms with van der Waals surface area (Å²) in [4.78, 5) is 25.9. The molecule has 0 saturated carbocycles. The molecule has 3 unspecified atom stereocenters. The van der Waals surface area contributed by atoms with E-state index >= 15 is 0 Å². The van der Waals surface area contributed by atoms with E-state index in [1.54, 1.807) is 32.7 Å². The van der Waals surface area contributed by atoms with Crippen molar-refractivity contribution in [2.24, 2.45) is 11.8 Å². The zero-order valence-electron chi connectivity index (χ0n) is 13.0. The molecule has 0 heterocycles. The third-order valence-electron chi connectivity index (χ3n) is 3.89. The Bertz CT molecular complexity index is 533. The fourth-order valence-corrected chi connectivity index (χ4v) is 2.37. The van der Waals surface area contributed by atoms with Crippen molar-refractivity contribution in [3.8, 4) is 6.07 Å². The first-order valence-electron chi connectivity index (χ1n) is 7.17. The number of hydrogen-bond acceptors (Lipinski definition) is 4. The zero-order chi connectivity index (χ0) is 16.0. The normalized spacial score (nSPS) is 14.6. The number of anilines is 1. The van der Waals surface area contributed by atoms with Crippen LogP contribution in [0.2, 0.25) is 0 Å². The van der Waals surface area contributed by atoms with Crippen molar-refractivity contribution in [2.75, 3.05) is 11.9 Å². The molecule has 0 saturated heterocycles. The van der Waals surface area contributed by atoms with Crippen LogP contribution in [0.25, 0.3) is 0 Å². The predicted octanol–water partition coefficient (Wildman–Crippen LogP) is 2.84. The Balaban J connectivity index is 2.92. The first-order chi connectivity index (χ1) is 9.93. The van der Waals surface area contributed by atoms with Gasteiger partial charge in [-0.25, -0.2) is 0 Å². The summed E-state index contributed by atoms with van der Waals surface area (Å²) in [7, 11) is 1.79. The second kappa shape index (κ2) is 7.58. The number of carbonyl (C=O) groups is 2. The molecule has 0 fully saturated rings. The van der Waals surface area contributed by atoms with Crippen LogP contribution in [0.4, 0.5) is 5.69 Å². The van der Waals surface area contributed by atoms with Crippen LogP contribution in [-0.4, -0.2) is 24.7 Å². The van der Waals surface area contributed by atoms with E-state index in [2.05, 4.69) is 6.07 Å². The SMILES string of the molecule is CCC(=O)C(C)C(=O)C(C)C(C#N)N(C)c1ccccc1. The zero-order valence-corrected chi connectivity index (χ0v) is 13.0. The average molecular weight is 286 g/mol. The Morgan fingerprint density at radius 3 is 2.29 bits per heavy atom. The molecule has 0 spiro atoms. The van der Waals surface area contributed by atoms with Gasteiger partial charge in [0.2, 0.25) is 0 Å². The summed E-state index contributed by atoms with van der Waals surface area (Å²) in [6, 6.07) is 11.0. The van der Waals surface area contributed by atoms with Gasteiger partial charge in [0.25, 0.3) is 0 Å². The van der Waals surface area contributed by atoms with Gasteiger partial charge in [-0.05, 0) is 19.1 Å². The third kappa shape index (κ3) is 3.91. The Morgan fingerprint density at radius 2 is 1.81 bits per heavy atom. The molecule has 1 aromatic rings. The number of rotatable bonds is 7. The standard InChI is InChI=1S/C17H22N2O2/c1-5-16(20)13(3)17(21)12(2)15(11-18)19(4)14-9-7-6-8-10-14/h6-10,12-13,15H,5H2,1-4H3. The van der Waals surface area contributed by atoms with Gasteiger partial charge >= 0.3 is 0 Å². The van der Waals surface area contributed by atoms with Gasteiger partial charge in [0, 0.05) is 25.1 Å². The van der Waals surface area contributed by atoms with Crippen LogP contribution in [0.1, 0.15) is 27.2 Å². The first kappa shape index (κ1) is 16.9. The van der Waals surface area contributed by atoms with E-state index in [4.69, 9.17) is 0 Å². The first-order valence-corrected chi connectivity index (χ1v) is 7.17. The molecule has 1 rings (SSSR count). The Morgan fingerprint density at radius 1 is 1.24 bits per heavy atom. The van der Waals surface area contributed by atoms with Gasteiger partial charge in [-0.15, -0.1) is 0 Å². The van der Waals surface area contributed by atoms with Gasteiger partial charge in [-0.2, -0.15) is 5.26 Å². The van der Waals surface area contributed by atoms with Crippen LogP contribution in [0.15, 0.2) is 30.3 Å². The quantitative estimate of drug-likeness (QED) is 0.723. The van der Waals surface area contributed by atoms with Crippen LogP contribution >= 0.6 is 0 Å². The molecule has 0 aromatic heterocycles. The third-order valence-corrected chi connectivity index (χ3v) is 3.89. The van der Waals surface area contributed by atoms with Crippen molar-refractivity contribution in [1.82, 2.24) is 0 Å². The molecule has 4 nitrogen and oxygen atoms in total. The fraction of sp³-hybridized carbons (Fsp3) is 0.471. The van der Waals surface area contributed by atoms with Gasteiger partial charge in [0.05, 0.1) is 12.0 Å². The van der Waals surface area contributed by atoms with Crippen LogP contribution in [0, 0.1) is 23.2 Å². The highest BCUT2D eigenvalue weighted by Crippen LogP contribution is 2.21. The molecule has 4 heteroatoms. The molecule has 0 radical (unpaired) electrons. The van der Waals surface area contributed by atoms with Crippen molar-refractivity contribution in [3.05, 3.63) is 30.3 Å². The average Bonchev–Trinajstić information content (AvgIpc) is 2.53. The largest absolute Gasteiger partial charge is 0.358 e. The maximum Gasteiger partial charge on any atom is 0.148 e. The summed E-state index contributed by atoms with van der Waals surface area (Å²) in [5.74, 6) is -1.42. The van der Waals surface area contributed by atoms with E-state index < -0.39 is 17.9 Å². The van der Waals surface area contributed by atoms with Gasteiger partial charge < -0.3 is 4.90 Å². The van der Waals surface area contributed by atoms with Crippen molar-refractivity contribution in [2.45, 2.75) is 33.2 Å². The number of ketones is 2. The summed E-state index contributed by atoms with van der Waals surface area (Å²) in [6.45, 7) is 5.09. The lowest BCUT2D eigenvalue weighted by Gasteiger charge is -2.29. The molecule has 0 bridgehead atoms. The molecule has 1 aromatic carbocycles. The van der Waals surface area contributed by atoms with Crippen LogP contribution in [0.5, 0.6) is 0 Å². The molecular weight excluding hydrogens is 264 g/mol. The lowest BCUT2D eigenvalue weighted by molar-refractivity contribution is -0.134. The van der Waals surface area contributed by atoms with Crippen molar-refractivity contribution in [3.63, 3.8) is 0 Å². The van der Waals surface area contributed by atoms with Crippen LogP contribution in [0.3, 0.4) is 0 Å². The summed E-state index contributed by atoms with van der Waals surface area (Å²) in [6.07, 6.45) is 0.339. The molecular formula is C17H22N2O2. The molecule has 3 atom stereocenters. The number of Topliss-reactive ketones (excluding diaryl/α,β-unsaturated/α-hetero) is 2. The lowest BCUT2D eigenvalue weighted by atomic mass is 9.86. The van der Waals surface area contributed by atoms with E-state index in [0.717, 1.165) is 5.69 Å². The van der Waals surface area contributed by atoms with E-state index in [1.807, 2.05) is 30.3 Å². The highest BCUT2D eigenvalue weighted by atomic mass is 16.2. The second-order valence-corrected chi connectivity index (χ2v) is 5.25. The summed E-state index contributed by atoms with van der Waals surface area (Å²) >= 11 is 0. The highest BCUT2D eigenvalue weighted by molar-refractivity contribution is 6.03. The van der Waals surface area contributed by atoms with Gasteiger partial charge in [-0.3, -0.25) is 9.59 Å². The molecule has 21 heavy (non-hydrogen) atoms. The number of nitriles is 1. The Labute approximate surface area is 126 Å². The second-order valence-electron chi connectivity index (χ2n) is 5.25. The highest BCUT2D eigenvalue weighted by Gasteiger charge is 2.32. The maximum absolute atomic E-state index is 12.4. The molecule has 112 valence electrons. The fourth-order valence-electron chi connectivity index (χ4n) is 2.37. The Kier molecular flexibility index (Phi) is 6.10. The summed E-state index contributed by atoms with van der Waals surface area (Å²) < 4.78 is 0. The maximum atomic E-state index is 12.4. The van der Waals surface area contributed by atoms with Crippen LogP contribution < -0.4 is 4.90 Å². The minimum absolute atomic E-state index is 0.0779. The minimum atomic E-state index is -0.648. The van der Waals surface area contributed by atoms with Crippen molar-refractivity contribution >= 4 is 17.3 Å². The van der Waals surface area contributed by atoms with E-state index in [9.17, 15) is 14.9 Å². The van der Waals surface area contributed by atoms with Gasteiger partial charge in [0.15, 0.2) is 0 Å². The van der Waals surface area contributed by atoms with Gasteiger partial charge in [-0.1, -0.05) is 32.0 Å². The predicted molar refractivity (Wildman–Crippen MR) is 82.9 cm³/mol. The topological polar surface area (TPSA) is 61.2 Å². The lowest BCUT2D eigenvalue weighted by Crippen LogP contribution is -2.42. The monoisotopic (exact) mass is 286 g/mol. The summed E-state index contributed by atoms with van der Waals surface area (Å²) in [5, 5.41) is 9.43. The number of carbonyl (C=O) groups excluding carboxylic acids is 2. The smallest absolute Gasteiger partial charge is 0.148 e. The van der Waals surface area contributed by atoms with E-state index in [0.29, 0.717) is 6.42 Å². The minimum Gasteiger partial charge on any atom is -0.358 e. The van der Waals surface area contributed by atoms with E-state index in [-0.39, 0.29) is 11.6 Å². The molecule has 0 aliphatic heterocycles. The molecule has 0 aliphatic rings. The number of benzene rings is 1. The Hall–Kier alpha value is -2.15. The van der Waals surface area contributed by atoms with E-state index in [1.165, 1.54) is 0 Å².